The Labute approximate surface area is 188 Å². The molecule has 6 nitrogen and oxygen atoms in total. The van der Waals surface area contributed by atoms with Crippen LogP contribution in [0.1, 0.15) is 39.9 Å². The Morgan fingerprint density at radius 2 is 2.03 bits per heavy atom. The Morgan fingerprint density at radius 3 is 2.72 bits per heavy atom. The fourth-order valence-corrected chi connectivity index (χ4v) is 5.17. The third-order valence-corrected chi connectivity index (χ3v) is 6.56. The van der Waals surface area contributed by atoms with E-state index in [9.17, 15) is 19.2 Å². The van der Waals surface area contributed by atoms with Crippen LogP contribution in [0.2, 0.25) is 0 Å². The van der Waals surface area contributed by atoms with E-state index < -0.39 is 11.8 Å². The van der Waals surface area contributed by atoms with Crippen LogP contribution in [0.3, 0.4) is 0 Å². The summed E-state index contributed by atoms with van der Waals surface area (Å²) in [6, 6.07) is 10.9. The summed E-state index contributed by atoms with van der Waals surface area (Å²) in [5.41, 5.74) is 7.31. The summed E-state index contributed by atoms with van der Waals surface area (Å²) >= 11 is 1.34. The van der Waals surface area contributed by atoms with Gasteiger partial charge in [0.25, 0.3) is 11.8 Å². The Balaban J connectivity index is 1.58. The molecule has 0 saturated carbocycles. The molecule has 0 spiro atoms. The van der Waals surface area contributed by atoms with Gasteiger partial charge in [-0.1, -0.05) is 6.92 Å². The number of rotatable bonds is 5. The molecule has 0 unspecified atom stereocenters. The lowest BCUT2D eigenvalue weighted by Crippen LogP contribution is -2.19. The molecule has 32 heavy (non-hydrogen) atoms. The van der Waals surface area contributed by atoms with Crippen LogP contribution in [0.5, 0.6) is 0 Å². The highest BCUT2D eigenvalue weighted by atomic mass is 32.1. The van der Waals surface area contributed by atoms with Crippen molar-refractivity contribution in [3.05, 3.63) is 69.6 Å². The van der Waals surface area contributed by atoms with Crippen molar-refractivity contribution in [3.8, 4) is 17.4 Å². The van der Waals surface area contributed by atoms with E-state index in [1.807, 2.05) is 6.07 Å². The summed E-state index contributed by atoms with van der Waals surface area (Å²) in [5, 5.41) is 12.6. The van der Waals surface area contributed by atoms with Crippen LogP contribution in [0.15, 0.2) is 46.4 Å². The van der Waals surface area contributed by atoms with Crippen molar-refractivity contribution in [1.82, 2.24) is 0 Å². The lowest BCUT2D eigenvalue weighted by atomic mass is 9.88. The number of carbonyl (C=O) groups is 2. The molecule has 8 heteroatoms. The van der Waals surface area contributed by atoms with E-state index in [0.29, 0.717) is 33.6 Å². The lowest BCUT2D eigenvalue weighted by molar-refractivity contribution is -0.112. The van der Waals surface area contributed by atoms with Crippen LogP contribution >= 0.6 is 11.3 Å². The summed E-state index contributed by atoms with van der Waals surface area (Å²) in [5.74, 6) is -0.334. The maximum absolute atomic E-state index is 13.1. The Morgan fingerprint density at radius 1 is 1.28 bits per heavy atom. The minimum atomic E-state index is -0.652. The van der Waals surface area contributed by atoms with Crippen LogP contribution in [-0.2, 0) is 17.6 Å². The van der Waals surface area contributed by atoms with Crippen molar-refractivity contribution in [1.29, 1.82) is 5.26 Å². The van der Waals surface area contributed by atoms with Gasteiger partial charge in [0.05, 0.1) is 5.56 Å². The summed E-state index contributed by atoms with van der Waals surface area (Å²) < 4.78 is 18.8. The average molecular weight is 450 g/mol. The molecule has 0 saturated heterocycles. The number of furan rings is 1. The summed E-state index contributed by atoms with van der Waals surface area (Å²) in [6.07, 6.45) is 3.84. The minimum absolute atomic E-state index is 0.180. The van der Waals surface area contributed by atoms with Gasteiger partial charge in [0.2, 0.25) is 0 Å². The molecule has 162 valence electrons. The number of nitriles is 1. The summed E-state index contributed by atoms with van der Waals surface area (Å²) in [6.45, 7) is 2.14. The largest absolute Gasteiger partial charge is 0.457 e. The van der Waals surface area contributed by atoms with Gasteiger partial charge in [-0.3, -0.25) is 9.59 Å². The second-order valence-electron chi connectivity index (χ2n) is 7.75. The van der Waals surface area contributed by atoms with E-state index in [1.165, 1.54) is 29.5 Å². The minimum Gasteiger partial charge on any atom is -0.457 e. The number of hydrogen-bond donors (Lipinski definition) is 2. The van der Waals surface area contributed by atoms with Crippen molar-refractivity contribution in [2.24, 2.45) is 11.7 Å². The molecule has 3 N–H and O–H groups in total. The van der Waals surface area contributed by atoms with E-state index in [2.05, 4.69) is 12.2 Å². The highest BCUT2D eigenvalue weighted by Gasteiger charge is 2.27. The van der Waals surface area contributed by atoms with Crippen LogP contribution in [0.25, 0.3) is 17.4 Å². The first-order chi connectivity index (χ1) is 15.4. The molecule has 1 aliphatic carbocycles. The Bertz CT molecular complexity index is 1260. The van der Waals surface area contributed by atoms with Gasteiger partial charge in [-0.05, 0) is 67.1 Å². The summed E-state index contributed by atoms with van der Waals surface area (Å²) in [7, 11) is 0. The highest BCUT2D eigenvalue weighted by molar-refractivity contribution is 7.17. The monoisotopic (exact) mass is 449 g/mol. The summed E-state index contributed by atoms with van der Waals surface area (Å²) in [4.78, 5) is 25.9. The number of amides is 2. The molecule has 0 radical (unpaired) electrons. The first-order valence-corrected chi connectivity index (χ1v) is 10.9. The molecular weight excluding hydrogens is 429 g/mol. The van der Waals surface area contributed by atoms with E-state index in [-0.39, 0.29) is 11.4 Å². The molecule has 0 aliphatic heterocycles. The zero-order chi connectivity index (χ0) is 22.8. The van der Waals surface area contributed by atoms with Gasteiger partial charge >= 0.3 is 0 Å². The Hall–Kier alpha value is -3.70. The van der Waals surface area contributed by atoms with Gasteiger partial charge in [-0.25, -0.2) is 4.39 Å². The smallest absolute Gasteiger partial charge is 0.267 e. The molecule has 0 bridgehead atoms. The number of benzene rings is 1. The molecule has 0 fully saturated rings. The first-order valence-electron chi connectivity index (χ1n) is 10.1. The fourth-order valence-electron chi connectivity index (χ4n) is 3.76. The second-order valence-corrected chi connectivity index (χ2v) is 8.86. The Kier molecular flexibility index (Phi) is 5.93. The van der Waals surface area contributed by atoms with Gasteiger partial charge in [0, 0.05) is 16.5 Å². The topological polar surface area (TPSA) is 109 Å². The normalized spacial score (nSPS) is 15.7. The second kappa shape index (κ2) is 8.81. The molecule has 2 heterocycles. The molecule has 1 aliphatic rings. The molecule has 1 atom stereocenters. The standard InChI is InChI=1S/C24H20FN3O3S/c1-13-2-8-18-20(10-13)32-24(21(18)22(27)29)28-23(30)15(12-26)11-17-7-9-19(31-17)14-3-5-16(25)6-4-14/h3-7,9,11,13H,2,8,10H2,1H3,(H2,27,29)(H,28,30)/b15-11+/t13-/m1/s1. The fraction of sp³-hybridized carbons (Fsp3) is 0.208. The SMILES string of the molecule is C[C@@H]1CCc2c(sc(NC(=O)/C(C#N)=C/c3ccc(-c4ccc(F)cc4)o3)c2C(N)=O)C1. The number of halogens is 1. The molecule has 3 aromatic rings. The van der Waals surface area contributed by atoms with Crippen molar-refractivity contribution in [3.63, 3.8) is 0 Å². The number of nitrogens with two attached hydrogens (primary N) is 1. The van der Waals surface area contributed by atoms with E-state index in [1.54, 1.807) is 24.3 Å². The van der Waals surface area contributed by atoms with Crippen molar-refractivity contribution >= 4 is 34.2 Å². The van der Waals surface area contributed by atoms with Gasteiger partial charge in [-0.2, -0.15) is 5.26 Å². The number of anilines is 1. The number of carbonyl (C=O) groups excluding carboxylic acids is 2. The number of primary amides is 1. The van der Waals surface area contributed by atoms with Crippen LogP contribution < -0.4 is 11.1 Å². The van der Waals surface area contributed by atoms with Crippen molar-refractivity contribution in [2.45, 2.75) is 26.2 Å². The van der Waals surface area contributed by atoms with Crippen LogP contribution in [-0.4, -0.2) is 11.8 Å². The van der Waals surface area contributed by atoms with Gasteiger partial charge in [0.15, 0.2) is 0 Å². The molecule has 1 aromatic carbocycles. The average Bonchev–Trinajstić information content (AvgIpc) is 3.36. The molecule has 2 amide bonds. The maximum atomic E-state index is 13.1. The molecule has 2 aromatic heterocycles. The third kappa shape index (κ3) is 4.34. The lowest BCUT2D eigenvalue weighted by Gasteiger charge is -2.18. The highest BCUT2D eigenvalue weighted by Crippen LogP contribution is 2.39. The quantitative estimate of drug-likeness (QED) is 0.426. The third-order valence-electron chi connectivity index (χ3n) is 5.39. The van der Waals surface area contributed by atoms with E-state index in [0.717, 1.165) is 29.7 Å². The maximum Gasteiger partial charge on any atom is 0.267 e. The predicted molar refractivity (Wildman–Crippen MR) is 120 cm³/mol. The van der Waals surface area contributed by atoms with Gasteiger partial charge in [0.1, 0.15) is 34.0 Å². The number of fused-ring (bicyclic) bond motifs is 1. The van der Waals surface area contributed by atoms with Crippen molar-refractivity contribution < 1.29 is 18.4 Å². The van der Waals surface area contributed by atoms with Crippen molar-refractivity contribution in [2.75, 3.05) is 5.32 Å². The van der Waals surface area contributed by atoms with Gasteiger partial charge < -0.3 is 15.5 Å². The first kappa shape index (κ1) is 21.5. The zero-order valence-electron chi connectivity index (χ0n) is 17.3. The van der Waals surface area contributed by atoms with Crippen LogP contribution in [0, 0.1) is 23.1 Å². The van der Waals surface area contributed by atoms with E-state index in [4.69, 9.17) is 10.2 Å². The number of nitrogens with one attached hydrogen (secondary N) is 1. The zero-order valence-corrected chi connectivity index (χ0v) is 18.1. The molecule has 4 rings (SSSR count). The number of thiophene rings is 1. The number of nitrogens with zero attached hydrogens (tertiary/aromatic N) is 1. The number of hydrogen-bond acceptors (Lipinski definition) is 5. The predicted octanol–water partition coefficient (Wildman–Crippen LogP) is 4.92. The van der Waals surface area contributed by atoms with Gasteiger partial charge in [-0.15, -0.1) is 11.3 Å². The molecular formula is C24H20FN3O3S. The van der Waals surface area contributed by atoms with Crippen LogP contribution in [0.4, 0.5) is 9.39 Å². The van der Waals surface area contributed by atoms with E-state index >= 15 is 0 Å².